The maximum atomic E-state index is 13.8. The van der Waals surface area contributed by atoms with Crippen molar-refractivity contribution in [2.75, 3.05) is 0 Å². The standard InChI is InChI=1S/C27H38O8/c1-15(2)34-24(35-33)23(31)18-14-16-13-17(28)5-9-25(16,3)19-6-10-26(4)20(22(18)19)7-11-27(26,32)12-8-21(29)30/h6,13,15,18,20,22,24,32-33H,5,7-12,14H2,1-4H3,(H,29,30)/t18-,20+,22-,24?,25+,26+,27-/m1/s1. The fraction of sp³-hybridized carbons (Fsp3) is 0.741. The molecule has 0 bridgehead atoms. The monoisotopic (exact) mass is 490 g/mol. The lowest BCUT2D eigenvalue weighted by Crippen LogP contribution is -2.55. The first-order valence-electron chi connectivity index (χ1n) is 12.7. The van der Waals surface area contributed by atoms with Gasteiger partial charge in [0.15, 0.2) is 11.6 Å². The largest absolute Gasteiger partial charge is 0.481 e. The van der Waals surface area contributed by atoms with Gasteiger partial charge in [0, 0.05) is 29.6 Å². The highest BCUT2D eigenvalue weighted by molar-refractivity contribution is 5.93. The molecule has 194 valence electrons. The molecule has 4 aliphatic carbocycles. The van der Waals surface area contributed by atoms with E-state index in [0.717, 1.165) is 11.1 Å². The molecule has 0 aromatic rings. The number of ketones is 2. The number of fused-ring (bicyclic) bond motifs is 5. The predicted molar refractivity (Wildman–Crippen MR) is 126 cm³/mol. The predicted octanol–water partition coefficient (Wildman–Crippen LogP) is 4.07. The Balaban J connectivity index is 1.79. The van der Waals surface area contributed by atoms with Crippen molar-refractivity contribution in [1.82, 2.24) is 0 Å². The van der Waals surface area contributed by atoms with Crippen LogP contribution in [0.4, 0.5) is 0 Å². The Morgan fingerprint density at radius 1 is 1.23 bits per heavy atom. The van der Waals surface area contributed by atoms with Crippen LogP contribution in [0.3, 0.4) is 0 Å². The zero-order valence-corrected chi connectivity index (χ0v) is 21.1. The molecule has 1 unspecified atom stereocenters. The van der Waals surface area contributed by atoms with Crippen LogP contribution < -0.4 is 0 Å². The summed E-state index contributed by atoms with van der Waals surface area (Å²) in [6, 6.07) is 0. The number of rotatable bonds is 8. The van der Waals surface area contributed by atoms with E-state index in [1.807, 2.05) is 6.92 Å². The second-order valence-electron chi connectivity index (χ2n) is 11.7. The summed E-state index contributed by atoms with van der Waals surface area (Å²) >= 11 is 0. The van der Waals surface area contributed by atoms with Crippen LogP contribution in [0.2, 0.25) is 0 Å². The van der Waals surface area contributed by atoms with Gasteiger partial charge in [0.25, 0.3) is 6.29 Å². The molecule has 7 atom stereocenters. The number of aliphatic carboxylic acids is 1. The van der Waals surface area contributed by atoms with Crippen molar-refractivity contribution in [2.24, 2.45) is 28.6 Å². The van der Waals surface area contributed by atoms with E-state index >= 15 is 0 Å². The first kappa shape index (κ1) is 26.2. The molecule has 2 fully saturated rings. The average molecular weight is 491 g/mol. The van der Waals surface area contributed by atoms with E-state index in [1.165, 1.54) is 0 Å². The van der Waals surface area contributed by atoms with Crippen LogP contribution in [0.25, 0.3) is 0 Å². The number of hydrogen-bond acceptors (Lipinski definition) is 7. The minimum atomic E-state index is -1.44. The maximum absolute atomic E-state index is 13.8. The summed E-state index contributed by atoms with van der Waals surface area (Å²) in [5, 5.41) is 30.5. The van der Waals surface area contributed by atoms with Crippen molar-refractivity contribution in [3.8, 4) is 0 Å². The highest BCUT2D eigenvalue weighted by Crippen LogP contribution is 2.67. The SMILES string of the molecule is CC(C)OC(OO)C(=O)[C@@H]1CC2=CC(=O)CC[C@]2(C)C2=CC[C@@]3(C)[C@@H](CC[C@@]3(O)CCC(=O)O)[C@@H]21. The molecule has 3 N–H and O–H groups in total. The topological polar surface area (TPSA) is 130 Å². The number of carbonyl (C=O) groups is 3. The van der Waals surface area contributed by atoms with Gasteiger partial charge >= 0.3 is 5.97 Å². The van der Waals surface area contributed by atoms with E-state index in [9.17, 15) is 29.9 Å². The minimum absolute atomic E-state index is 0.0513. The highest BCUT2D eigenvalue weighted by atomic mass is 17.1. The molecule has 8 heteroatoms. The molecule has 0 aliphatic heterocycles. The lowest BCUT2D eigenvalue weighted by molar-refractivity contribution is -0.339. The molecule has 8 nitrogen and oxygen atoms in total. The first-order valence-corrected chi connectivity index (χ1v) is 12.7. The van der Waals surface area contributed by atoms with Crippen molar-refractivity contribution in [1.29, 1.82) is 0 Å². The molecule has 0 aromatic heterocycles. The van der Waals surface area contributed by atoms with Gasteiger partial charge in [-0.3, -0.25) is 14.4 Å². The summed E-state index contributed by atoms with van der Waals surface area (Å²) in [4.78, 5) is 41.9. The van der Waals surface area contributed by atoms with Crippen LogP contribution in [0, 0.1) is 28.6 Å². The number of hydrogen-bond donors (Lipinski definition) is 3. The third-order valence-electron chi connectivity index (χ3n) is 9.56. The number of carboxylic acid groups (broad SMARTS) is 1. The number of carbonyl (C=O) groups excluding carboxylic acids is 2. The summed E-state index contributed by atoms with van der Waals surface area (Å²) < 4.78 is 5.58. The summed E-state index contributed by atoms with van der Waals surface area (Å²) in [6.45, 7) is 7.66. The van der Waals surface area contributed by atoms with Gasteiger partial charge in [-0.15, -0.1) is 0 Å². The second kappa shape index (κ2) is 9.21. The van der Waals surface area contributed by atoms with Gasteiger partial charge in [0.2, 0.25) is 0 Å². The van der Waals surface area contributed by atoms with Gasteiger partial charge in [-0.2, -0.15) is 4.89 Å². The Hall–Kier alpha value is -1.87. The molecule has 0 saturated heterocycles. The second-order valence-corrected chi connectivity index (χ2v) is 11.7. The van der Waals surface area contributed by atoms with E-state index in [-0.39, 0.29) is 47.8 Å². The van der Waals surface area contributed by atoms with Crippen LogP contribution in [0.5, 0.6) is 0 Å². The molecule has 2 saturated carbocycles. The van der Waals surface area contributed by atoms with Crippen molar-refractivity contribution < 1.29 is 39.5 Å². The maximum Gasteiger partial charge on any atom is 0.303 e. The lowest BCUT2D eigenvalue weighted by atomic mass is 9.47. The van der Waals surface area contributed by atoms with Crippen molar-refractivity contribution >= 4 is 17.5 Å². The van der Waals surface area contributed by atoms with Crippen LogP contribution in [-0.4, -0.2) is 51.0 Å². The van der Waals surface area contributed by atoms with Crippen LogP contribution in [0.1, 0.15) is 79.1 Å². The normalized spacial score (nSPS) is 39.3. The number of ether oxygens (including phenoxy) is 1. The third-order valence-corrected chi connectivity index (χ3v) is 9.56. The Bertz CT molecular complexity index is 966. The van der Waals surface area contributed by atoms with Crippen molar-refractivity contribution in [3.63, 3.8) is 0 Å². The van der Waals surface area contributed by atoms with Gasteiger partial charge in [0.05, 0.1) is 11.7 Å². The number of carboxylic acids is 1. The van der Waals surface area contributed by atoms with Gasteiger partial charge < -0.3 is 14.9 Å². The van der Waals surface area contributed by atoms with E-state index < -0.39 is 29.2 Å². The Labute approximate surface area is 206 Å². The molecular weight excluding hydrogens is 452 g/mol. The molecule has 0 amide bonds. The Kier molecular flexibility index (Phi) is 6.90. The molecule has 0 spiro atoms. The quantitative estimate of drug-likeness (QED) is 0.201. The molecule has 0 radical (unpaired) electrons. The molecular formula is C27H38O8. The fourth-order valence-electron chi connectivity index (χ4n) is 7.53. The van der Waals surface area contributed by atoms with E-state index in [2.05, 4.69) is 17.9 Å². The molecule has 35 heavy (non-hydrogen) atoms. The first-order chi connectivity index (χ1) is 16.4. The van der Waals surface area contributed by atoms with Gasteiger partial charge in [-0.05, 0) is 70.3 Å². The summed E-state index contributed by atoms with van der Waals surface area (Å²) in [5.41, 5.74) is -0.0313. The van der Waals surface area contributed by atoms with E-state index in [0.29, 0.717) is 38.5 Å². The summed E-state index contributed by atoms with van der Waals surface area (Å²) in [6.07, 6.45) is 5.31. The van der Waals surface area contributed by atoms with E-state index in [1.54, 1.807) is 19.9 Å². The molecule has 4 aliphatic rings. The van der Waals surface area contributed by atoms with Gasteiger partial charge in [0.1, 0.15) is 0 Å². The molecule has 0 aromatic carbocycles. The number of aliphatic hydroxyl groups is 1. The number of allylic oxidation sites excluding steroid dienone is 4. The molecule has 0 heterocycles. The lowest BCUT2D eigenvalue weighted by Gasteiger charge is -2.57. The zero-order chi connectivity index (χ0) is 25.8. The third kappa shape index (κ3) is 4.22. The van der Waals surface area contributed by atoms with Gasteiger partial charge in [-0.25, -0.2) is 5.26 Å². The molecule has 4 rings (SSSR count). The Morgan fingerprint density at radius 3 is 2.57 bits per heavy atom. The van der Waals surface area contributed by atoms with Crippen LogP contribution >= 0.6 is 0 Å². The highest BCUT2D eigenvalue weighted by Gasteiger charge is 2.64. The van der Waals surface area contributed by atoms with Gasteiger partial charge in [-0.1, -0.05) is 31.1 Å². The average Bonchev–Trinajstić information content (AvgIpc) is 3.06. The van der Waals surface area contributed by atoms with Crippen molar-refractivity contribution in [3.05, 3.63) is 23.3 Å². The van der Waals surface area contributed by atoms with Crippen molar-refractivity contribution in [2.45, 2.75) is 97.1 Å². The van der Waals surface area contributed by atoms with Crippen LogP contribution in [0.15, 0.2) is 23.3 Å². The Morgan fingerprint density at radius 2 is 1.94 bits per heavy atom. The zero-order valence-electron chi connectivity index (χ0n) is 21.1. The van der Waals surface area contributed by atoms with Crippen LogP contribution in [-0.2, 0) is 24.0 Å². The fourth-order valence-corrected chi connectivity index (χ4v) is 7.53. The van der Waals surface area contributed by atoms with E-state index in [4.69, 9.17) is 4.74 Å². The minimum Gasteiger partial charge on any atom is -0.481 e. The summed E-state index contributed by atoms with van der Waals surface area (Å²) in [5.74, 6) is -2.11. The smallest absolute Gasteiger partial charge is 0.303 e. The summed E-state index contributed by atoms with van der Waals surface area (Å²) in [7, 11) is 0. The number of Topliss-reactive ketones (excluding diaryl/α,β-unsaturated/α-hetero) is 1.